The highest BCUT2D eigenvalue weighted by atomic mass is 19.1. The normalized spacial score (nSPS) is 14.2. The Morgan fingerprint density at radius 1 is 0.979 bits per heavy atom. The first kappa shape index (κ1) is 33.1. The van der Waals surface area contributed by atoms with E-state index in [1.165, 1.54) is 24.3 Å². The van der Waals surface area contributed by atoms with Crippen molar-refractivity contribution >= 4 is 22.9 Å². The van der Waals surface area contributed by atoms with Gasteiger partial charge in [0, 0.05) is 50.7 Å². The zero-order chi connectivity index (χ0) is 33.7. The molecule has 3 aromatic carbocycles. The zero-order valence-corrected chi connectivity index (χ0v) is 26.0. The number of benzene rings is 3. The number of nitrogens with zero attached hydrogens (tertiary/aromatic N) is 3. The number of pyridine rings is 1. The van der Waals surface area contributed by atoms with E-state index in [0.717, 1.165) is 37.2 Å². The summed E-state index contributed by atoms with van der Waals surface area (Å²) in [6.07, 6.45) is 1.22. The minimum Gasteiger partial charge on any atom is -0.478 e. The number of hydrogen-bond acceptors (Lipinski definition) is 6. The van der Waals surface area contributed by atoms with Gasteiger partial charge in [0.05, 0.1) is 28.4 Å². The Morgan fingerprint density at radius 2 is 1.77 bits per heavy atom. The molecular weight excluding hydrogens is 613 g/mol. The van der Waals surface area contributed by atoms with Crippen molar-refractivity contribution < 1.29 is 37.3 Å². The quantitative estimate of drug-likeness (QED) is 0.198. The van der Waals surface area contributed by atoms with E-state index in [-0.39, 0.29) is 53.3 Å². The molecule has 0 saturated carbocycles. The van der Waals surface area contributed by atoms with Gasteiger partial charge in [0.25, 0.3) is 0 Å². The topological polar surface area (TPSA) is 118 Å². The number of halogens is 3. The first-order valence-electron chi connectivity index (χ1n) is 14.8. The molecule has 5 aromatic rings. The number of aromatic carboxylic acids is 1. The van der Waals surface area contributed by atoms with E-state index in [4.69, 9.17) is 14.6 Å². The highest BCUT2D eigenvalue weighted by Crippen LogP contribution is 2.27. The van der Waals surface area contributed by atoms with Crippen LogP contribution in [-0.4, -0.2) is 63.1 Å². The van der Waals surface area contributed by atoms with Crippen molar-refractivity contribution in [3.63, 3.8) is 0 Å². The van der Waals surface area contributed by atoms with Crippen molar-refractivity contribution in [1.29, 1.82) is 0 Å². The second-order valence-corrected chi connectivity index (χ2v) is 11.2. The van der Waals surface area contributed by atoms with Crippen LogP contribution in [0.3, 0.4) is 0 Å². The van der Waals surface area contributed by atoms with Crippen LogP contribution in [-0.2, 0) is 22.6 Å². The van der Waals surface area contributed by atoms with E-state index in [0.29, 0.717) is 22.4 Å². The molecule has 1 unspecified atom stereocenters. The molecule has 1 saturated heterocycles. The lowest BCUT2D eigenvalue weighted by atomic mass is 10.0. The zero-order valence-electron chi connectivity index (χ0n) is 26.0. The van der Waals surface area contributed by atoms with Gasteiger partial charge in [-0.1, -0.05) is 18.2 Å². The van der Waals surface area contributed by atoms with Crippen molar-refractivity contribution in [1.82, 2.24) is 19.9 Å². The molecule has 2 aromatic heterocycles. The number of rotatable bonds is 8. The fraction of sp³-hybridized carbons (Fsp3) is 0.257. The Kier molecular flexibility index (Phi) is 10.2. The minimum atomic E-state index is -1.08. The Balaban J connectivity index is 0.000000371. The average Bonchev–Trinajstić information content (AvgIpc) is 3.69. The number of imidazole rings is 1. The van der Waals surface area contributed by atoms with E-state index < -0.39 is 23.4 Å². The summed E-state index contributed by atoms with van der Waals surface area (Å²) in [6.45, 7) is 4.94. The monoisotopic (exact) mass is 646 g/mol. The number of methoxy groups -OCH3 is 1. The van der Waals surface area contributed by atoms with E-state index in [1.807, 2.05) is 4.90 Å². The fourth-order valence-electron chi connectivity index (χ4n) is 5.15. The van der Waals surface area contributed by atoms with E-state index in [9.17, 15) is 18.4 Å². The van der Waals surface area contributed by atoms with Gasteiger partial charge in [0.2, 0.25) is 11.8 Å². The second kappa shape index (κ2) is 14.5. The molecule has 0 bridgehead atoms. The number of carbonyl (C=O) groups excluding carboxylic acids is 1. The van der Waals surface area contributed by atoms with Crippen molar-refractivity contribution in [2.24, 2.45) is 0 Å². The van der Waals surface area contributed by atoms with Crippen molar-refractivity contribution in [2.75, 3.05) is 20.2 Å². The molecule has 1 fully saturated rings. The third kappa shape index (κ3) is 8.14. The van der Waals surface area contributed by atoms with Crippen LogP contribution < -0.4 is 4.74 Å². The molecule has 1 amide bonds. The number of carboxylic acid groups (broad SMARTS) is 1. The van der Waals surface area contributed by atoms with Gasteiger partial charge in [-0.05, 0) is 66.9 Å². The summed E-state index contributed by atoms with van der Waals surface area (Å²) in [6, 6.07) is 16.0. The number of carboxylic acids is 1. The molecule has 0 radical (unpaired) electrons. The molecule has 47 heavy (non-hydrogen) atoms. The lowest BCUT2D eigenvalue weighted by molar-refractivity contribution is -0.128. The predicted molar refractivity (Wildman–Crippen MR) is 169 cm³/mol. The summed E-state index contributed by atoms with van der Waals surface area (Å²) in [5.74, 6) is -2.16. The number of aromatic amines is 1. The van der Waals surface area contributed by atoms with E-state index in [2.05, 4.69) is 15.0 Å². The van der Waals surface area contributed by atoms with Gasteiger partial charge in [-0.25, -0.2) is 27.9 Å². The predicted octanol–water partition coefficient (Wildman–Crippen LogP) is 6.47. The summed E-state index contributed by atoms with van der Waals surface area (Å²) >= 11 is 0. The molecule has 9 nitrogen and oxygen atoms in total. The summed E-state index contributed by atoms with van der Waals surface area (Å²) in [4.78, 5) is 35.3. The van der Waals surface area contributed by atoms with Gasteiger partial charge in [0.1, 0.15) is 29.9 Å². The number of nitrogens with one attached hydrogen (secondary N) is 1. The van der Waals surface area contributed by atoms with Gasteiger partial charge in [-0.2, -0.15) is 0 Å². The standard InChI is InChI=1S/C28H20F3N3O3.C7H13NO2/c1-15-5-6-17(20(29)9-15)14-37-27-4-2-3-23(34-27)19-13-21(30)18(10-22(19)31)12-26-32-24-8-7-16(28(35)36)11-25(24)33-26;1-6(9)8-4-3-7(5-8)10-2/h2-11,13H,12,14H2,1H3,(H,32,33)(H,35,36);7H,3-5H2,1-2H3. The molecule has 0 aliphatic carbocycles. The van der Waals surface area contributed by atoms with E-state index >= 15 is 4.39 Å². The third-order valence-corrected chi connectivity index (χ3v) is 7.78. The van der Waals surface area contributed by atoms with Crippen LogP contribution >= 0.6 is 0 Å². The minimum absolute atomic E-state index is 0.0290. The lowest BCUT2D eigenvalue weighted by Gasteiger charge is -2.12. The molecule has 12 heteroatoms. The maximum Gasteiger partial charge on any atom is 0.335 e. The molecule has 0 spiro atoms. The molecule has 1 atom stereocenters. The van der Waals surface area contributed by atoms with Crippen molar-refractivity contribution in [3.05, 3.63) is 112 Å². The van der Waals surface area contributed by atoms with Crippen LogP contribution in [0, 0.1) is 24.4 Å². The molecule has 3 heterocycles. The Morgan fingerprint density at radius 3 is 2.45 bits per heavy atom. The van der Waals surface area contributed by atoms with Crippen molar-refractivity contribution in [2.45, 2.75) is 39.4 Å². The molecule has 244 valence electrons. The number of ether oxygens (including phenoxy) is 2. The summed E-state index contributed by atoms with van der Waals surface area (Å²) in [5.41, 5.74) is 2.41. The number of fused-ring (bicyclic) bond motifs is 1. The van der Waals surface area contributed by atoms with Gasteiger partial charge >= 0.3 is 5.97 Å². The summed E-state index contributed by atoms with van der Waals surface area (Å²) < 4.78 is 54.8. The first-order valence-corrected chi connectivity index (χ1v) is 14.8. The SMILES string of the molecule is COC1CCN(C(C)=O)C1.Cc1ccc(COc2cccc(-c3cc(F)c(Cc4nc5ccc(C(=O)O)cc5[nH]4)cc3F)n2)c(F)c1. The van der Waals surface area contributed by atoms with Gasteiger partial charge < -0.3 is 24.5 Å². The average molecular weight is 647 g/mol. The number of hydrogen-bond donors (Lipinski definition) is 2. The molecule has 2 N–H and O–H groups in total. The van der Waals surface area contributed by atoms with Crippen LogP contribution in [0.4, 0.5) is 13.2 Å². The number of H-pyrrole nitrogens is 1. The number of carbonyl (C=O) groups is 2. The summed E-state index contributed by atoms with van der Waals surface area (Å²) in [5, 5.41) is 9.14. The van der Waals surface area contributed by atoms with E-state index in [1.54, 1.807) is 51.3 Å². The Hall–Kier alpha value is -5.23. The van der Waals surface area contributed by atoms with Gasteiger partial charge in [0.15, 0.2) is 0 Å². The number of likely N-dealkylation sites (tertiary alicyclic amines) is 1. The molecule has 6 rings (SSSR count). The van der Waals surface area contributed by atoms with Crippen LogP contribution in [0.1, 0.15) is 46.2 Å². The largest absolute Gasteiger partial charge is 0.478 e. The molecule has 1 aliphatic heterocycles. The van der Waals surface area contributed by atoms with Gasteiger partial charge in [-0.15, -0.1) is 0 Å². The lowest BCUT2D eigenvalue weighted by Crippen LogP contribution is -2.27. The molecular formula is C35H33F3N4O5. The Labute approximate surface area is 269 Å². The highest BCUT2D eigenvalue weighted by Gasteiger charge is 2.23. The maximum atomic E-state index is 15.0. The summed E-state index contributed by atoms with van der Waals surface area (Å²) in [7, 11) is 1.69. The van der Waals surface area contributed by atoms with Crippen molar-refractivity contribution in [3.8, 4) is 17.1 Å². The number of amides is 1. The van der Waals surface area contributed by atoms with Crippen LogP contribution in [0.15, 0.2) is 66.7 Å². The Bertz CT molecular complexity index is 1930. The highest BCUT2D eigenvalue weighted by molar-refractivity contribution is 5.92. The van der Waals surface area contributed by atoms with Gasteiger partial charge in [-0.3, -0.25) is 4.79 Å². The second-order valence-electron chi connectivity index (χ2n) is 11.2. The van der Waals surface area contributed by atoms with Crippen LogP contribution in [0.2, 0.25) is 0 Å². The molecule has 1 aliphatic rings. The first-order chi connectivity index (χ1) is 22.5. The fourth-order valence-corrected chi connectivity index (χ4v) is 5.15. The smallest absolute Gasteiger partial charge is 0.335 e. The third-order valence-electron chi connectivity index (χ3n) is 7.78. The van der Waals surface area contributed by atoms with Crippen LogP contribution in [0.5, 0.6) is 5.88 Å². The number of aryl methyl sites for hydroxylation is 1. The number of aromatic nitrogens is 3. The van der Waals surface area contributed by atoms with Crippen LogP contribution in [0.25, 0.3) is 22.3 Å². The maximum absolute atomic E-state index is 15.0.